The molecule has 2 aromatic rings. The third-order valence-electron chi connectivity index (χ3n) is 5.01. The molecule has 3 amide bonds. The Hall–Kier alpha value is -3.51. The smallest absolute Gasteiger partial charge is 0.408 e. The Bertz CT molecular complexity index is 1030. The zero-order chi connectivity index (χ0) is 26.5. The van der Waals surface area contributed by atoms with E-state index in [2.05, 4.69) is 22.0 Å². The molecule has 3 atom stereocenters. The van der Waals surface area contributed by atoms with Crippen LogP contribution in [0.5, 0.6) is 0 Å². The number of amides is 3. The summed E-state index contributed by atoms with van der Waals surface area (Å²) >= 11 is 1.31. The molecule has 192 valence electrons. The van der Waals surface area contributed by atoms with Gasteiger partial charge >= 0.3 is 6.09 Å². The number of carbonyl (C=O) groups is 3. The number of carbonyl (C=O) groups excluding carboxylic acids is 3. The minimum atomic E-state index is -1.04. The molecular weight excluding hydrogens is 476 g/mol. The monoisotopic (exact) mass is 510 g/mol. The molecule has 9 heteroatoms. The van der Waals surface area contributed by atoms with Gasteiger partial charge in [-0.25, -0.2) is 4.79 Å². The summed E-state index contributed by atoms with van der Waals surface area (Å²) in [6, 6.07) is 18.1. The zero-order valence-electron chi connectivity index (χ0n) is 21.1. The number of ether oxygens (including phenoxy) is 1. The van der Waals surface area contributed by atoms with Crippen molar-refractivity contribution in [2.45, 2.75) is 63.4 Å². The molecule has 0 heterocycles. The Morgan fingerprint density at radius 2 is 1.50 bits per heavy atom. The summed E-state index contributed by atoms with van der Waals surface area (Å²) in [6.45, 7) is 7.78. The highest BCUT2D eigenvalue weighted by molar-refractivity contribution is 8.00. The fourth-order valence-electron chi connectivity index (χ4n) is 3.38. The number of benzene rings is 2. The third-order valence-corrected chi connectivity index (χ3v) is 6.05. The van der Waals surface area contributed by atoms with Crippen LogP contribution < -0.4 is 16.0 Å². The molecule has 3 unspecified atom stereocenters. The molecule has 2 rings (SSSR count). The number of alkyl carbamates (subject to hydrolysis) is 1. The maximum atomic E-state index is 13.3. The van der Waals surface area contributed by atoms with Crippen LogP contribution in [0.1, 0.15) is 51.3 Å². The predicted octanol–water partition coefficient (Wildman–Crippen LogP) is 4.29. The standard InChI is InChI=1S/C27H34N4O4S/c1-18(2)15-22(29-27(34)35-17-20-11-7-5-8-12-20)25(32)31-24(21-13-9-6-10-14-21)26(33)30-23(16-28)36-19(3)4/h5-14,18-19,22-24H,15,17H2,1-4H3,(H,29,34)(H,30,33)(H,31,32). The van der Waals surface area contributed by atoms with Crippen LogP contribution in [0, 0.1) is 17.2 Å². The molecule has 2 aromatic carbocycles. The summed E-state index contributed by atoms with van der Waals surface area (Å²) < 4.78 is 5.28. The van der Waals surface area contributed by atoms with E-state index < -0.39 is 35.4 Å². The van der Waals surface area contributed by atoms with Crippen molar-refractivity contribution in [2.75, 3.05) is 0 Å². The third kappa shape index (κ3) is 10.0. The summed E-state index contributed by atoms with van der Waals surface area (Å²) in [5.41, 5.74) is 1.38. The van der Waals surface area contributed by atoms with Crippen molar-refractivity contribution < 1.29 is 19.1 Å². The topological polar surface area (TPSA) is 120 Å². The minimum absolute atomic E-state index is 0.0702. The van der Waals surface area contributed by atoms with Gasteiger partial charge in [-0.2, -0.15) is 5.26 Å². The Balaban J connectivity index is 2.14. The van der Waals surface area contributed by atoms with Gasteiger partial charge < -0.3 is 20.7 Å². The molecule has 0 aliphatic carbocycles. The first-order chi connectivity index (χ1) is 17.2. The van der Waals surface area contributed by atoms with E-state index in [1.807, 2.05) is 58.0 Å². The highest BCUT2D eigenvalue weighted by atomic mass is 32.2. The number of rotatable bonds is 12. The van der Waals surface area contributed by atoms with Crippen molar-refractivity contribution in [2.24, 2.45) is 5.92 Å². The minimum Gasteiger partial charge on any atom is -0.445 e. The summed E-state index contributed by atoms with van der Waals surface area (Å²) in [6.07, 6.45) is -0.377. The van der Waals surface area contributed by atoms with Crippen molar-refractivity contribution in [3.8, 4) is 6.07 Å². The number of hydrogen-bond donors (Lipinski definition) is 3. The van der Waals surface area contributed by atoms with Crippen molar-refractivity contribution >= 4 is 29.7 Å². The van der Waals surface area contributed by atoms with E-state index in [9.17, 15) is 19.6 Å². The molecule has 3 N–H and O–H groups in total. The molecule has 0 saturated heterocycles. The van der Waals surface area contributed by atoms with Crippen LogP contribution in [0.3, 0.4) is 0 Å². The van der Waals surface area contributed by atoms with E-state index in [1.54, 1.807) is 30.3 Å². The lowest BCUT2D eigenvalue weighted by molar-refractivity contribution is -0.130. The molecule has 0 bridgehead atoms. The molecule has 0 aliphatic heterocycles. The first kappa shape index (κ1) is 28.7. The maximum absolute atomic E-state index is 13.3. The van der Waals surface area contributed by atoms with Crippen LogP contribution in [0.25, 0.3) is 0 Å². The highest BCUT2D eigenvalue weighted by Crippen LogP contribution is 2.18. The second kappa shape index (κ2) is 14.8. The number of nitriles is 1. The number of thioether (sulfide) groups is 1. The number of nitrogens with zero attached hydrogens (tertiary/aromatic N) is 1. The molecule has 8 nitrogen and oxygen atoms in total. The van der Waals surface area contributed by atoms with Crippen LogP contribution in [-0.4, -0.2) is 34.6 Å². The van der Waals surface area contributed by atoms with Crippen molar-refractivity contribution in [1.29, 1.82) is 5.26 Å². The maximum Gasteiger partial charge on any atom is 0.408 e. The van der Waals surface area contributed by atoms with Crippen molar-refractivity contribution in [3.63, 3.8) is 0 Å². The Morgan fingerprint density at radius 3 is 2.06 bits per heavy atom. The van der Waals surface area contributed by atoms with E-state index in [0.29, 0.717) is 12.0 Å². The average Bonchev–Trinajstić information content (AvgIpc) is 2.85. The van der Waals surface area contributed by atoms with Crippen LogP contribution in [0.4, 0.5) is 4.79 Å². The fraction of sp³-hybridized carbons (Fsp3) is 0.407. The van der Waals surface area contributed by atoms with E-state index in [4.69, 9.17) is 4.74 Å². The van der Waals surface area contributed by atoms with E-state index in [0.717, 1.165) is 5.56 Å². The van der Waals surface area contributed by atoms with Gasteiger partial charge in [-0.05, 0) is 23.5 Å². The van der Waals surface area contributed by atoms with E-state index >= 15 is 0 Å². The van der Waals surface area contributed by atoms with Crippen molar-refractivity contribution in [1.82, 2.24) is 16.0 Å². The SMILES string of the molecule is CC(C)CC(NC(=O)OCc1ccccc1)C(=O)NC(C(=O)NC(C#N)SC(C)C)c1ccccc1. The normalized spacial score (nSPS) is 13.2. The Kier molecular flexibility index (Phi) is 11.8. The molecular formula is C27H34N4O4S. The first-order valence-corrected chi connectivity index (χ1v) is 12.8. The molecule has 0 fully saturated rings. The average molecular weight is 511 g/mol. The lowest BCUT2D eigenvalue weighted by Crippen LogP contribution is -2.51. The zero-order valence-corrected chi connectivity index (χ0v) is 21.9. The quantitative estimate of drug-likeness (QED) is 0.366. The van der Waals surface area contributed by atoms with Crippen LogP contribution in [0.2, 0.25) is 0 Å². The molecule has 0 aliphatic rings. The molecule has 0 aromatic heterocycles. The highest BCUT2D eigenvalue weighted by Gasteiger charge is 2.30. The van der Waals surface area contributed by atoms with Gasteiger partial charge in [0.2, 0.25) is 11.8 Å². The Morgan fingerprint density at radius 1 is 0.889 bits per heavy atom. The fourth-order valence-corrected chi connectivity index (χ4v) is 4.17. The van der Waals surface area contributed by atoms with E-state index in [1.165, 1.54) is 11.8 Å². The van der Waals surface area contributed by atoms with Crippen LogP contribution in [-0.2, 0) is 20.9 Å². The van der Waals surface area contributed by atoms with Gasteiger partial charge in [-0.15, -0.1) is 11.8 Å². The van der Waals surface area contributed by atoms with Gasteiger partial charge in [-0.3, -0.25) is 9.59 Å². The van der Waals surface area contributed by atoms with Gasteiger partial charge in [0.05, 0.1) is 6.07 Å². The summed E-state index contributed by atoms with van der Waals surface area (Å²) in [5.74, 6) is -0.942. The molecule has 36 heavy (non-hydrogen) atoms. The van der Waals surface area contributed by atoms with Gasteiger partial charge in [0.1, 0.15) is 18.7 Å². The van der Waals surface area contributed by atoms with E-state index in [-0.39, 0.29) is 17.8 Å². The lowest BCUT2D eigenvalue weighted by atomic mass is 10.0. The second-order valence-electron chi connectivity index (χ2n) is 8.94. The number of nitrogens with one attached hydrogen (secondary N) is 3. The Labute approximate surface area is 217 Å². The summed E-state index contributed by atoms with van der Waals surface area (Å²) in [5, 5.41) is 16.9. The lowest BCUT2D eigenvalue weighted by Gasteiger charge is -2.25. The second-order valence-corrected chi connectivity index (χ2v) is 10.6. The molecule has 0 saturated carbocycles. The van der Waals surface area contributed by atoms with Crippen LogP contribution >= 0.6 is 11.8 Å². The largest absolute Gasteiger partial charge is 0.445 e. The van der Waals surface area contributed by atoms with Gasteiger partial charge in [0, 0.05) is 5.25 Å². The van der Waals surface area contributed by atoms with Crippen LogP contribution in [0.15, 0.2) is 60.7 Å². The number of hydrogen-bond acceptors (Lipinski definition) is 6. The first-order valence-electron chi connectivity index (χ1n) is 11.9. The summed E-state index contributed by atoms with van der Waals surface area (Å²) in [7, 11) is 0. The molecule has 0 radical (unpaired) electrons. The van der Waals surface area contributed by atoms with Gasteiger partial charge in [0.15, 0.2) is 5.37 Å². The summed E-state index contributed by atoms with van der Waals surface area (Å²) in [4.78, 5) is 38.9. The van der Waals surface area contributed by atoms with Gasteiger partial charge in [-0.1, -0.05) is 88.4 Å². The van der Waals surface area contributed by atoms with Crippen molar-refractivity contribution in [3.05, 3.63) is 71.8 Å². The molecule has 0 spiro atoms. The predicted molar refractivity (Wildman–Crippen MR) is 141 cm³/mol. The van der Waals surface area contributed by atoms with Gasteiger partial charge in [0.25, 0.3) is 0 Å².